The molecule has 1 heterocycles. The van der Waals surface area contributed by atoms with E-state index in [1.807, 2.05) is 30.5 Å². The number of ether oxygens (including phenoxy) is 1. The topological polar surface area (TPSA) is 72.8 Å². The Bertz CT molecular complexity index is 546. The molecule has 2 aromatic rings. The van der Waals surface area contributed by atoms with Gasteiger partial charge in [0, 0.05) is 30.9 Å². The Hall–Kier alpha value is -2.01. The van der Waals surface area contributed by atoms with E-state index < -0.39 is 0 Å². The molecule has 0 spiro atoms. The normalized spacial score (nSPS) is 12.2. The zero-order valence-electron chi connectivity index (χ0n) is 9.63. The lowest BCUT2D eigenvalue weighted by Gasteiger charge is -2.05. The molecule has 0 aliphatic rings. The van der Waals surface area contributed by atoms with Crippen LogP contribution in [-0.2, 0) is 11.3 Å². The molecule has 0 aliphatic heterocycles. The van der Waals surface area contributed by atoms with Crippen LogP contribution in [0.15, 0.2) is 35.6 Å². The van der Waals surface area contributed by atoms with Gasteiger partial charge >= 0.3 is 0 Å². The summed E-state index contributed by atoms with van der Waals surface area (Å²) in [7, 11) is 1.67. The number of rotatable bonds is 4. The monoisotopic (exact) mass is 233 g/mol. The summed E-state index contributed by atoms with van der Waals surface area (Å²) in [5.74, 6) is 0.117. The second kappa shape index (κ2) is 4.88. The van der Waals surface area contributed by atoms with Crippen LogP contribution in [0.25, 0.3) is 10.9 Å². The van der Waals surface area contributed by atoms with Crippen LogP contribution in [0.5, 0.6) is 0 Å². The highest BCUT2D eigenvalue weighted by Gasteiger charge is 2.04. The van der Waals surface area contributed by atoms with Crippen molar-refractivity contribution in [3.8, 4) is 0 Å². The first kappa shape index (κ1) is 11.5. The summed E-state index contributed by atoms with van der Waals surface area (Å²) >= 11 is 0. The average Bonchev–Trinajstić information content (AvgIpc) is 2.77. The zero-order valence-corrected chi connectivity index (χ0v) is 9.63. The van der Waals surface area contributed by atoms with Gasteiger partial charge in [-0.25, -0.2) is 0 Å². The molecule has 0 bridgehead atoms. The summed E-state index contributed by atoms with van der Waals surface area (Å²) in [5.41, 5.74) is 7.32. The number of nitrogens with two attached hydrogens (primary N) is 1. The Labute approximate surface area is 99.1 Å². The molecule has 0 saturated carbocycles. The number of amidine groups is 1. The maximum atomic E-state index is 8.66. The van der Waals surface area contributed by atoms with Gasteiger partial charge in [0.1, 0.15) is 0 Å². The van der Waals surface area contributed by atoms with Crippen molar-refractivity contribution >= 4 is 16.7 Å². The van der Waals surface area contributed by atoms with Gasteiger partial charge < -0.3 is 20.2 Å². The van der Waals surface area contributed by atoms with Crippen molar-refractivity contribution in [2.24, 2.45) is 10.9 Å². The molecule has 3 N–H and O–H groups in total. The van der Waals surface area contributed by atoms with Crippen LogP contribution in [0.2, 0.25) is 0 Å². The Kier molecular flexibility index (Phi) is 3.30. The highest BCUT2D eigenvalue weighted by Crippen LogP contribution is 2.17. The molecule has 2 rings (SSSR count). The number of oxime groups is 1. The third kappa shape index (κ3) is 2.24. The first-order valence-electron chi connectivity index (χ1n) is 5.32. The Morgan fingerprint density at radius 2 is 2.29 bits per heavy atom. The van der Waals surface area contributed by atoms with Gasteiger partial charge in [0.15, 0.2) is 5.84 Å². The fraction of sp³-hybridized carbons (Fsp3) is 0.250. The molecule has 0 saturated heterocycles. The van der Waals surface area contributed by atoms with E-state index in [2.05, 4.69) is 9.72 Å². The lowest BCUT2D eigenvalue weighted by molar-refractivity contribution is 0.188. The highest BCUT2D eigenvalue weighted by molar-refractivity contribution is 6.00. The maximum Gasteiger partial charge on any atom is 0.170 e. The SMILES string of the molecule is COCCn1ccc2ccc(/C(N)=N/O)cc21. The van der Waals surface area contributed by atoms with Crippen LogP contribution in [0.3, 0.4) is 0 Å². The maximum absolute atomic E-state index is 8.66. The smallest absolute Gasteiger partial charge is 0.170 e. The van der Waals surface area contributed by atoms with Gasteiger partial charge in [-0.15, -0.1) is 0 Å². The number of nitrogens with zero attached hydrogens (tertiary/aromatic N) is 2. The van der Waals surface area contributed by atoms with Gasteiger partial charge in [-0.2, -0.15) is 0 Å². The van der Waals surface area contributed by atoms with Gasteiger partial charge in [-0.05, 0) is 17.5 Å². The highest BCUT2D eigenvalue weighted by atomic mass is 16.5. The molecule has 1 aromatic carbocycles. The summed E-state index contributed by atoms with van der Waals surface area (Å²) in [6.45, 7) is 1.43. The molecule has 0 radical (unpaired) electrons. The molecule has 17 heavy (non-hydrogen) atoms. The first-order chi connectivity index (χ1) is 8.26. The summed E-state index contributed by atoms with van der Waals surface area (Å²) in [6, 6.07) is 7.71. The van der Waals surface area contributed by atoms with E-state index in [0.29, 0.717) is 12.2 Å². The fourth-order valence-electron chi connectivity index (χ4n) is 1.79. The minimum Gasteiger partial charge on any atom is -0.409 e. The summed E-state index contributed by atoms with van der Waals surface area (Å²) in [4.78, 5) is 0. The summed E-state index contributed by atoms with van der Waals surface area (Å²) < 4.78 is 7.13. The molecule has 5 nitrogen and oxygen atoms in total. The van der Waals surface area contributed by atoms with Crippen LogP contribution in [0, 0.1) is 0 Å². The van der Waals surface area contributed by atoms with E-state index in [1.165, 1.54) is 0 Å². The van der Waals surface area contributed by atoms with Crippen LogP contribution in [0.1, 0.15) is 5.56 Å². The van der Waals surface area contributed by atoms with E-state index in [4.69, 9.17) is 15.7 Å². The van der Waals surface area contributed by atoms with E-state index in [-0.39, 0.29) is 5.84 Å². The Morgan fingerprint density at radius 3 is 3.00 bits per heavy atom. The number of methoxy groups -OCH3 is 1. The van der Waals surface area contributed by atoms with Crippen LogP contribution >= 0.6 is 0 Å². The number of hydrogen-bond acceptors (Lipinski definition) is 3. The number of hydrogen-bond donors (Lipinski definition) is 2. The largest absolute Gasteiger partial charge is 0.409 e. The van der Waals surface area contributed by atoms with Crippen molar-refractivity contribution in [3.05, 3.63) is 36.0 Å². The molecule has 0 aliphatic carbocycles. The van der Waals surface area contributed by atoms with E-state index in [1.54, 1.807) is 7.11 Å². The molecular formula is C12H15N3O2. The minimum atomic E-state index is 0.117. The van der Waals surface area contributed by atoms with E-state index in [0.717, 1.165) is 17.4 Å². The first-order valence-corrected chi connectivity index (χ1v) is 5.32. The minimum absolute atomic E-state index is 0.117. The Morgan fingerprint density at radius 1 is 1.47 bits per heavy atom. The van der Waals surface area contributed by atoms with Gasteiger partial charge in [0.25, 0.3) is 0 Å². The molecule has 5 heteroatoms. The number of aromatic nitrogens is 1. The summed E-state index contributed by atoms with van der Waals surface area (Å²) in [6.07, 6.45) is 2.00. The van der Waals surface area contributed by atoms with Gasteiger partial charge in [0.05, 0.1) is 6.61 Å². The molecular weight excluding hydrogens is 218 g/mol. The van der Waals surface area contributed by atoms with E-state index >= 15 is 0 Å². The molecule has 0 atom stereocenters. The third-order valence-electron chi connectivity index (χ3n) is 2.71. The zero-order chi connectivity index (χ0) is 12.3. The molecule has 0 amide bonds. The molecule has 0 fully saturated rings. The van der Waals surface area contributed by atoms with Crippen LogP contribution < -0.4 is 5.73 Å². The predicted octanol–water partition coefficient (Wildman–Crippen LogP) is 1.38. The third-order valence-corrected chi connectivity index (χ3v) is 2.71. The quantitative estimate of drug-likeness (QED) is 0.362. The van der Waals surface area contributed by atoms with Gasteiger partial charge in [-0.3, -0.25) is 0 Å². The standard InChI is InChI=1S/C12H15N3O2/c1-17-7-6-15-5-4-9-2-3-10(8-11(9)15)12(13)14-16/h2-5,8,16H,6-7H2,1H3,(H2,13,14). The predicted molar refractivity (Wildman–Crippen MR) is 66.3 cm³/mol. The number of fused-ring (bicyclic) bond motifs is 1. The molecule has 1 aromatic heterocycles. The van der Waals surface area contributed by atoms with Gasteiger partial charge in [0.2, 0.25) is 0 Å². The van der Waals surface area contributed by atoms with Crippen LogP contribution in [0.4, 0.5) is 0 Å². The second-order valence-electron chi connectivity index (χ2n) is 3.76. The molecule has 90 valence electrons. The van der Waals surface area contributed by atoms with Crippen LogP contribution in [-0.4, -0.2) is 29.3 Å². The van der Waals surface area contributed by atoms with Crippen molar-refractivity contribution < 1.29 is 9.94 Å². The summed E-state index contributed by atoms with van der Waals surface area (Å²) in [5, 5.41) is 12.8. The lowest BCUT2D eigenvalue weighted by Crippen LogP contribution is -2.13. The van der Waals surface area contributed by atoms with Gasteiger partial charge in [-0.1, -0.05) is 17.3 Å². The Balaban J connectivity index is 2.43. The number of benzene rings is 1. The van der Waals surface area contributed by atoms with E-state index in [9.17, 15) is 0 Å². The van der Waals surface area contributed by atoms with Crippen molar-refractivity contribution in [1.29, 1.82) is 0 Å². The van der Waals surface area contributed by atoms with Crippen molar-refractivity contribution in [1.82, 2.24) is 4.57 Å². The van der Waals surface area contributed by atoms with Crippen molar-refractivity contribution in [2.45, 2.75) is 6.54 Å². The van der Waals surface area contributed by atoms with Crippen molar-refractivity contribution in [2.75, 3.05) is 13.7 Å². The van der Waals surface area contributed by atoms with Crippen molar-refractivity contribution in [3.63, 3.8) is 0 Å². The fourth-order valence-corrected chi connectivity index (χ4v) is 1.79. The molecule has 0 unspecified atom stereocenters. The second-order valence-corrected chi connectivity index (χ2v) is 3.76. The lowest BCUT2D eigenvalue weighted by atomic mass is 10.1. The average molecular weight is 233 g/mol.